The van der Waals surface area contributed by atoms with E-state index in [2.05, 4.69) is 25.7 Å². The van der Waals surface area contributed by atoms with Gasteiger partial charge in [0.1, 0.15) is 22.6 Å². The molecule has 10 nitrogen and oxygen atoms in total. The molecule has 1 unspecified atom stereocenters. The maximum absolute atomic E-state index is 12.9. The highest BCUT2D eigenvalue weighted by atomic mass is 16.3. The molecule has 1 aliphatic carbocycles. The van der Waals surface area contributed by atoms with Crippen LogP contribution >= 0.6 is 0 Å². The molecule has 10 heteroatoms. The van der Waals surface area contributed by atoms with Crippen molar-refractivity contribution in [1.82, 2.24) is 29.6 Å². The van der Waals surface area contributed by atoms with E-state index in [-0.39, 0.29) is 23.6 Å². The summed E-state index contributed by atoms with van der Waals surface area (Å²) in [6.07, 6.45) is 7.62. The molecule has 0 bridgehead atoms. The van der Waals surface area contributed by atoms with E-state index in [0.29, 0.717) is 35.8 Å². The fourth-order valence-electron chi connectivity index (χ4n) is 4.72. The van der Waals surface area contributed by atoms with Crippen LogP contribution in [0.5, 0.6) is 0 Å². The Bertz CT molecular complexity index is 1450. The minimum Gasteiger partial charge on any atom is -0.384 e. The number of pyridine rings is 2. The van der Waals surface area contributed by atoms with Gasteiger partial charge in [-0.2, -0.15) is 5.10 Å². The zero-order valence-corrected chi connectivity index (χ0v) is 19.2. The van der Waals surface area contributed by atoms with Crippen LogP contribution in [0.1, 0.15) is 64.5 Å². The van der Waals surface area contributed by atoms with Gasteiger partial charge in [0, 0.05) is 24.3 Å². The highest BCUT2D eigenvalue weighted by Crippen LogP contribution is 2.39. The maximum Gasteiger partial charge on any atom is 0.274 e. The molecule has 2 aliphatic rings. The average Bonchev–Trinajstić information content (AvgIpc) is 3.45. The van der Waals surface area contributed by atoms with Crippen molar-refractivity contribution in [2.75, 3.05) is 11.9 Å². The molecule has 0 radical (unpaired) electrons. The molecule has 4 aromatic rings. The van der Waals surface area contributed by atoms with Gasteiger partial charge in [-0.05, 0) is 56.0 Å². The predicted octanol–water partition coefficient (Wildman–Crippen LogP) is 2.60. The Kier molecular flexibility index (Phi) is 4.92. The summed E-state index contributed by atoms with van der Waals surface area (Å²) < 4.78 is 3.59. The molecular formula is C25H25N7O3. The summed E-state index contributed by atoms with van der Waals surface area (Å²) in [6.45, 7) is 3.01. The molecule has 0 aromatic carbocycles. The van der Waals surface area contributed by atoms with Gasteiger partial charge < -0.3 is 20.3 Å². The zero-order chi connectivity index (χ0) is 24.2. The first kappa shape index (κ1) is 21.5. The van der Waals surface area contributed by atoms with Crippen LogP contribution in [0.4, 0.5) is 5.69 Å². The van der Waals surface area contributed by atoms with Crippen LogP contribution in [0, 0.1) is 0 Å². The molecule has 1 atom stereocenters. The highest BCUT2D eigenvalue weighted by molar-refractivity contribution is 6.04. The molecule has 0 saturated heterocycles. The Morgan fingerprint density at radius 2 is 2.11 bits per heavy atom. The highest BCUT2D eigenvalue weighted by Gasteiger charge is 2.37. The lowest BCUT2D eigenvalue weighted by Gasteiger charge is -2.35. The summed E-state index contributed by atoms with van der Waals surface area (Å²) in [5, 5.41) is 21.3. The third-order valence-electron chi connectivity index (χ3n) is 6.87. The van der Waals surface area contributed by atoms with E-state index in [1.165, 1.54) is 0 Å². The van der Waals surface area contributed by atoms with Crippen molar-refractivity contribution in [3.05, 3.63) is 71.6 Å². The average molecular weight is 472 g/mol. The van der Waals surface area contributed by atoms with Crippen molar-refractivity contribution >= 4 is 28.5 Å². The van der Waals surface area contributed by atoms with Crippen LogP contribution in [0.2, 0.25) is 0 Å². The summed E-state index contributed by atoms with van der Waals surface area (Å²) in [6, 6.07) is 9.12. The maximum atomic E-state index is 12.9. The number of hydrogen-bond donors (Lipinski definition) is 3. The Labute approximate surface area is 201 Å². The summed E-state index contributed by atoms with van der Waals surface area (Å²) in [7, 11) is 0. The summed E-state index contributed by atoms with van der Waals surface area (Å²) in [4.78, 5) is 34.1. The van der Waals surface area contributed by atoms with Gasteiger partial charge in [0.2, 0.25) is 0 Å². The van der Waals surface area contributed by atoms with Crippen molar-refractivity contribution in [2.45, 2.75) is 44.4 Å². The number of fused-ring (bicyclic) bond motifs is 3. The molecule has 1 fully saturated rings. The van der Waals surface area contributed by atoms with Crippen molar-refractivity contribution in [2.24, 2.45) is 0 Å². The summed E-state index contributed by atoms with van der Waals surface area (Å²) in [5.41, 5.74) is 2.87. The minimum atomic E-state index is -0.774. The molecule has 5 heterocycles. The van der Waals surface area contributed by atoms with Gasteiger partial charge in [0.25, 0.3) is 11.8 Å². The molecule has 1 aliphatic heterocycles. The van der Waals surface area contributed by atoms with Crippen LogP contribution in [-0.4, -0.2) is 47.8 Å². The molecular weight excluding hydrogens is 446 g/mol. The largest absolute Gasteiger partial charge is 0.384 e. The van der Waals surface area contributed by atoms with E-state index in [1.807, 2.05) is 29.7 Å². The number of nitrogens with zero attached hydrogens (tertiary/aromatic N) is 5. The Morgan fingerprint density at radius 1 is 1.26 bits per heavy atom. The first-order valence-corrected chi connectivity index (χ1v) is 11.7. The van der Waals surface area contributed by atoms with E-state index in [1.54, 1.807) is 35.4 Å². The molecule has 1 saturated carbocycles. The molecule has 3 N–H and O–H groups in total. The Hall–Kier alpha value is -4.05. The second-order valence-electron chi connectivity index (χ2n) is 9.39. The number of carbonyl (C=O) groups is 2. The van der Waals surface area contributed by atoms with E-state index >= 15 is 0 Å². The van der Waals surface area contributed by atoms with Gasteiger partial charge in [-0.15, -0.1) is 0 Å². The van der Waals surface area contributed by atoms with Crippen molar-refractivity contribution in [1.29, 1.82) is 0 Å². The van der Waals surface area contributed by atoms with Crippen LogP contribution in [-0.2, 0) is 12.1 Å². The number of hydrogen-bond acceptors (Lipinski definition) is 6. The Morgan fingerprint density at radius 3 is 2.86 bits per heavy atom. The number of amides is 2. The SMILES string of the molecule is CC1CNC(=O)c2cc3ccc(C(=O)Nc4cnn(Cc5ccc(C6(O)CCC6)nc5)c4)nc3n21. The summed E-state index contributed by atoms with van der Waals surface area (Å²) >= 11 is 0. The van der Waals surface area contributed by atoms with E-state index in [9.17, 15) is 14.7 Å². The number of rotatable bonds is 5. The number of aliphatic hydroxyl groups is 1. The zero-order valence-electron chi connectivity index (χ0n) is 19.2. The van der Waals surface area contributed by atoms with E-state index in [4.69, 9.17) is 0 Å². The third-order valence-corrected chi connectivity index (χ3v) is 6.87. The second-order valence-corrected chi connectivity index (χ2v) is 9.39. The number of nitrogens with one attached hydrogen (secondary N) is 2. The second kappa shape index (κ2) is 8.02. The standard InChI is InChI=1S/C25H25N7O3/c1-15-10-27-24(34)20-9-17-4-5-19(30-22(17)32(15)20)23(33)29-18-12-28-31(14-18)13-16-3-6-21(26-11-16)25(35)7-2-8-25/h3-6,9,11-12,14-15,35H,2,7-8,10,13H2,1H3,(H,27,34)(H,29,33). The predicted molar refractivity (Wildman–Crippen MR) is 128 cm³/mol. The lowest BCUT2D eigenvalue weighted by Crippen LogP contribution is -2.37. The van der Waals surface area contributed by atoms with Crippen molar-refractivity contribution in [3.63, 3.8) is 0 Å². The smallest absolute Gasteiger partial charge is 0.274 e. The minimum absolute atomic E-state index is 0.0458. The van der Waals surface area contributed by atoms with Crippen LogP contribution in [0.15, 0.2) is 48.9 Å². The monoisotopic (exact) mass is 471 g/mol. The Balaban J connectivity index is 1.16. The van der Waals surface area contributed by atoms with E-state index in [0.717, 1.165) is 30.2 Å². The molecule has 2 amide bonds. The van der Waals surface area contributed by atoms with Crippen molar-refractivity contribution in [3.8, 4) is 0 Å². The fraction of sp³-hybridized carbons (Fsp3) is 0.320. The van der Waals surface area contributed by atoms with E-state index < -0.39 is 5.60 Å². The number of aromatic nitrogens is 5. The molecule has 0 spiro atoms. The number of anilines is 1. The number of carbonyl (C=O) groups excluding carboxylic acids is 2. The van der Waals surface area contributed by atoms with Crippen LogP contribution < -0.4 is 10.6 Å². The van der Waals surface area contributed by atoms with Gasteiger partial charge in [-0.3, -0.25) is 19.3 Å². The van der Waals surface area contributed by atoms with Gasteiger partial charge in [-0.1, -0.05) is 6.07 Å². The van der Waals surface area contributed by atoms with Crippen molar-refractivity contribution < 1.29 is 14.7 Å². The normalized spacial score (nSPS) is 18.6. The van der Waals surface area contributed by atoms with Crippen LogP contribution in [0.25, 0.3) is 11.0 Å². The molecule has 6 rings (SSSR count). The summed E-state index contributed by atoms with van der Waals surface area (Å²) in [5.74, 6) is -0.488. The van der Waals surface area contributed by atoms with Gasteiger partial charge in [0.05, 0.1) is 30.2 Å². The van der Waals surface area contributed by atoms with Crippen LogP contribution in [0.3, 0.4) is 0 Å². The van der Waals surface area contributed by atoms with Gasteiger partial charge >= 0.3 is 0 Å². The van der Waals surface area contributed by atoms with Gasteiger partial charge in [-0.25, -0.2) is 4.98 Å². The topological polar surface area (TPSA) is 127 Å². The first-order valence-electron chi connectivity index (χ1n) is 11.7. The van der Waals surface area contributed by atoms with Gasteiger partial charge in [0.15, 0.2) is 0 Å². The first-order chi connectivity index (χ1) is 16.9. The lowest BCUT2D eigenvalue weighted by molar-refractivity contribution is -0.0426. The molecule has 35 heavy (non-hydrogen) atoms. The molecule has 4 aromatic heterocycles. The lowest BCUT2D eigenvalue weighted by atomic mass is 9.77. The quantitative estimate of drug-likeness (QED) is 0.411. The third kappa shape index (κ3) is 3.75. The fourth-order valence-corrected chi connectivity index (χ4v) is 4.72. The molecule has 178 valence electrons.